The van der Waals surface area contributed by atoms with Crippen molar-refractivity contribution < 1.29 is 5.11 Å². The first-order chi connectivity index (χ1) is 9.76. The van der Waals surface area contributed by atoms with Crippen LogP contribution in [0.4, 0.5) is 5.82 Å². The lowest BCUT2D eigenvalue weighted by molar-refractivity contribution is 0.297. The maximum atomic E-state index is 9.29. The summed E-state index contributed by atoms with van der Waals surface area (Å²) in [5.74, 6) is 0.999. The summed E-state index contributed by atoms with van der Waals surface area (Å²) >= 11 is 0. The fraction of sp³-hybridized carbons (Fsp3) is 0.688. The van der Waals surface area contributed by atoms with Crippen LogP contribution in [0.15, 0.2) is 18.3 Å². The summed E-state index contributed by atoms with van der Waals surface area (Å²) in [4.78, 5) is 6.89. The number of hydrogen-bond donors (Lipinski definition) is 2. The molecule has 0 aromatic carbocycles. The van der Waals surface area contributed by atoms with Crippen molar-refractivity contribution in [3.05, 3.63) is 23.9 Å². The number of aliphatic hydroxyl groups is 1. The average molecular weight is 277 g/mol. The Bertz CT molecular complexity index is 387. The highest BCUT2D eigenvalue weighted by Gasteiger charge is 2.23. The molecule has 1 unspecified atom stereocenters. The summed E-state index contributed by atoms with van der Waals surface area (Å²) < 4.78 is 0. The minimum absolute atomic E-state index is 0.188. The normalized spacial score (nSPS) is 17.4. The standard InChI is InChI=1S/C16H27N3O/c1-3-17-13(2)14-8-9-16(18-12-14)19(10-11-20)15-6-4-5-7-15/h8-9,12-13,15,17,20H,3-7,10-11H2,1-2H3. The molecule has 1 aromatic rings. The van der Waals surface area contributed by atoms with Gasteiger partial charge in [-0.15, -0.1) is 0 Å². The molecule has 2 N–H and O–H groups in total. The summed E-state index contributed by atoms with van der Waals surface area (Å²) in [6, 6.07) is 5.12. The minimum Gasteiger partial charge on any atom is -0.395 e. The van der Waals surface area contributed by atoms with Crippen LogP contribution in [0.1, 0.15) is 51.1 Å². The van der Waals surface area contributed by atoms with Gasteiger partial charge in [-0.1, -0.05) is 25.8 Å². The molecule has 112 valence electrons. The molecular formula is C16H27N3O. The topological polar surface area (TPSA) is 48.4 Å². The number of aliphatic hydroxyl groups excluding tert-OH is 1. The van der Waals surface area contributed by atoms with E-state index in [2.05, 4.69) is 41.2 Å². The third-order valence-corrected chi connectivity index (χ3v) is 4.18. The van der Waals surface area contributed by atoms with Gasteiger partial charge in [0.05, 0.1) is 6.61 Å². The van der Waals surface area contributed by atoms with Crippen molar-refractivity contribution in [1.82, 2.24) is 10.3 Å². The van der Waals surface area contributed by atoms with E-state index in [-0.39, 0.29) is 6.61 Å². The van der Waals surface area contributed by atoms with Gasteiger partial charge in [0.25, 0.3) is 0 Å². The summed E-state index contributed by atoms with van der Waals surface area (Å²) in [6.45, 7) is 6.10. The Morgan fingerprint density at radius 3 is 2.70 bits per heavy atom. The van der Waals surface area contributed by atoms with E-state index in [1.807, 2.05) is 6.20 Å². The monoisotopic (exact) mass is 277 g/mol. The van der Waals surface area contributed by atoms with Gasteiger partial charge in [0, 0.05) is 24.8 Å². The van der Waals surface area contributed by atoms with Crippen LogP contribution in [0.2, 0.25) is 0 Å². The predicted octanol–water partition coefficient (Wildman–Crippen LogP) is 2.49. The molecule has 1 saturated carbocycles. The van der Waals surface area contributed by atoms with E-state index >= 15 is 0 Å². The van der Waals surface area contributed by atoms with Gasteiger partial charge in [-0.3, -0.25) is 0 Å². The van der Waals surface area contributed by atoms with Crippen molar-refractivity contribution in [2.24, 2.45) is 0 Å². The highest BCUT2D eigenvalue weighted by Crippen LogP contribution is 2.27. The Morgan fingerprint density at radius 2 is 2.15 bits per heavy atom. The molecule has 1 aliphatic carbocycles. The number of rotatable bonds is 7. The molecule has 0 spiro atoms. The Hall–Kier alpha value is -1.13. The quantitative estimate of drug-likeness (QED) is 0.804. The van der Waals surface area contributed by atoms with Crippen molar-refractivity contribution in [3.8, 4) is 0 Å². The Balaban J connectivity index is 2.09. The lowest BCUT2D eigenvalue weighted by Crippen LogP contribution is -2.36. The molecule has 0 aliphatic heterocycles. The van der Waals surface area contributed by atoms with E-state index in [0.717, 1.165) is 12.4 Å². The van der Waals surface area contributed by atoms with Crippen molar-refractivity contribution >= 4 is 5.82 Å². The molecule has 2 rings (SSSR count). The maximum absolute atomic E-state index is 9.29. The first kappa shape index (κ1) is 15.3. The second-order valence-corrected chi connectivity index (χ2v) is 5.58. The van der Waals surface area contributed by atoms with E-state index in [1.165, 1.54) is 31.2 Å². The molecule has 1 aromatic heterocycles. The van der Waals surface area contributed by atoms with Crippen molar-refractivity contribution in [2.45, 2.75) is 51.6 Å². The fourth-order valence-electron chi connectivity index (χ4n) is 3.06. The van der Waals surface area contributed by atoms with E-state index < -0.39 is 0 Å². The number of aromatic nitrogens is 1. The smallest absolute Gasteiger partial charge is 0.128 e. The number of pyridine rings is 1. The molecule has 0 bridgehead atoms. The zero-order chi connectivity index (χ0) is 14.4. The Labute approximate surface area is 122 Å². The van der Waals surface area contributed by atoms with Crippen LogP contribution in [0.5, 0.6) is 0 Å². The number of nitrogens with one attached hydrogen (secondary N) is 1. The van der Waals surface area contributed by atoms with Gasteiger partial charge in [0.15, 0.2) is 0 Å². The molecule has 0 radical (unpaired) electrons. The van der Waals surface area contributed by atoms with Crippen LogP contribution in [0.25, 0.3) is 0 Å². The minimum atomic E-state index is 0.188. The van der Waals surface area contributed by atoms with Crippen LogP contribution in [0.3, 0.4) is 0 Å². The predicted molar refractivity (Wildman–Crippen MR) is 83.0 cm³/mol. The van der Waals surface area contributed by atoms with E-state index in [4.69, 9.17) is 0 Å². The Morgan fingerprint density at radius 1 is 1.40 bits per heavy atom. The zero-order valence-corrected chi connectivity index (χ0v) is 12.7. The molecule has 4 heteroatoms. The second kappa shape index (κ2) is 7.60. The van der Waals surface area contributed by atoms with E-state index in [0.29, 0.717) is 18.6 Å². The van der Waals surface area contributed by atoms with Gasteiger partial charge in [0.2, 0.25) is 0 Å². The molecule has 0 saturated heterocycles. The van der Waals surface area contributed by atoms with Crippen molar-refractivity contribution in [1.29, 1.82) is 0 Å². The van der Waals surface area contributed by atoms with Crippen LogP contribution in [-0.4, -0.2) is 35.8 Å². The van der Waals surface area contributed by atoms with Crippen molar-refractivity contribution in [3.63, 3.8) is 0 Å². The van der Waals surface area contributed by atoms with Gasteiger partial charge >= 0.3 is 0 Å². The largest absolute Gasteiger partial charge is 0.395 e. The third-order valence-electron chi connectivity index (χ3n) is 4.18. The van der Waals surface area contributed by atoms with Gasteiger partial charge in [-0.2, -0.15) is 0 Å². The van der Waals surface area contributed by atoms with Gasteiger partial charge in [0.1, 0.15) is 5.82 Å². The first-order valence-electron chi connectivity index (χ1n) is 7.83. The third kappa shape index (κ3) is 3.70. The fourth-order valence-corrected chi connectivity index (χ4v) is 3.06. The highest BCUT2D eigenvalue weighted by atomic mass is 16.3. The number of nitrogens with zero attached hydrogens (tertiary/aromatic N) is 2. The van der Waals surface area contributed by atoms with Gasteiger partial charge < -0.3 is 15.3 Å². The summed E-state index contributed by atoms with van der Waals surface area (Å²) in [7, 11) is 0. The molecule has 0 amide bonds. The van der Waals surface area contributed by atoms with Crippen LogP contribution < -0.4 is 10.2 Å². The van der Waals surface area contributed by atoms with E-state index in [1.54, 1.807) is 0 Å². The summed E-state index contributed by atoms with van der Waals surface area (Å²) in [6.07, 6.45) is 6.99. The molecule has 20 heavy (non-hydrogen) atoms. The zero-order valence-electron chi connectivity index (χ0n) is 12.7. The van der Waals surface area contributed by atoms with Gasteiger partial charge in [-0.05, 0) is 37.9 Å². The molecule has 4 nitrogen and oxygen atoms in total. The molecular weight excluding hydrogens is 250 g/mol. The Kier molecular flexibility index (Phi) is 5.80. The summed E-state index contributed by atoms with van der Waals surface area (Å²) in [5, 5.41) is 12.7. The average Bonchev–Trinajstić information content (AvgIpc) is 2.99. The van der Waals surface area contributed by atoms with Crippen molar-refractivity contribution in [2.75, 3.05) is 24.6 Å². The van der Waals surface area contributed by atoms with Gasteiger partial charge in [-0.25, -0.2) is 4.98 Å². The van der Waals surface area contributed by atoms with Crippen LogP contribution in [-0.2, 0) is 0 Å². The first-order valence-corrected chi connectivity index (χ1v) is 7.83. The SMILES string of the molecule is CCNC(C)c1ccc(N(CCO)C2CCCC2)nc1. The van der Waals surface area contributed by atoms with Crippen LogP contribution in [0, 0.1) is 0 Å². The second-order valence-electron chi connectivity index (χ2n) is 5.58. The number of hydrogen-bond acceptors (Lipinski definition) is 4. The maximum Gasteiger partial charge on any atom is 0.128 e. The highest BCUT2D eigenvalue weighted by molar-refractivity contribution is 5.41. The lowest BCUT2D eigenvalue weighted by atomic mass is 10.1. The molecule has 1 heterocycles. The molecule has 1 aliphatic rings. The lowest BCUT2D eigenvalue weighted by Gasteiger charge is -2.29. The van der Waals surface area contributed by atoms with Crippen LogP contribution >= 0.6 is 0 Å². The molecule has 1 fully saturated rings. The van der Waals surface area contributed by atoms with E-state index in [9.17, 15) is 5.11 Å². The molecule has 1 atom stereocenters. The number of anilines is 1. The summed E-state index contributed by atoms with van der Waals surface area (Å²) in [5.41, 5.74) is 1.21.